The van der Waals surface area contributed by atoms with Gasteiger partial charge in [0.05, 0.1) is 17.7 Å². The van der Waals surface area contributed by atoms with E-state index in [2.05, 4.69) is 4.98 Å². The van der Waals surface area contributed by atoms with E-state index in [-0.39, 0.29) is 6.42 Å². The van der Waals surface area contributed by atoms with Gasteiger partial charge in [0, 0.05) is 10.9 Å². The Kier molecular flexibility index (Phi) is 3.57. The highest BCUT2D eigenvalue weighted by Gasteiger charge is 2.30. The summed E-state index contributed by atoms with van der Waals surface area (Å²) in [5, 5.41) is 10.7. The second-order valence-corrected chi connectivity index (χ2v) is 4.71. The summed E-state index contributed by atoms with van der Waals surface area (Å²) in [6.45, 7) is 0. The smallest absolute Gasteiger partial charge is 0.416 e. The molecular weight excluding hydrogens is 279 g/mol. The predicted octanol–water partition coefficient (Wildman–Crippen LogP) is 3.46. The van der Waals surface area contributed by atoms with Crippen molar-refractivity contribution in [2.45, 2.75) is 12.6 Å². The Morgan fingerprint density at radius 2 is 1.89 bits per heavy atom. The molecule has 1 aromatic heterocycles. The molecule has 1 heterocycles. The highest BCUT2D eigenvalue weighted by Crippen LogP contribution is 2.31. The predicted molar refractivity (Wildman–Crippen MR) is 63.9 cm³/mol. The first-order valence-corrected chi connectivity index (χ1v) is 6.08. The molecule has 1 N–H and O–H groups in total. The monoisotopic (exact) mass is 287 g/mol. The molecule has 0 aliphatic carbocycles. The standard InChI is InChI=1S/C12H8F3NO2S/c13-12(14,15)8-3-1-7(2-4-8)9-6-19-10(16-9)5-11(17)18/h1-4,6H,5H2,(H,17,18). The van der Waals surface area contributed by atoms with Crippen LogP contribution in [0, 0.1) is 0 Å². The van der Waals surface area contributed by atoms with Gasteiger partial charge in [0.25, 0.3) is 0 Å². The summed E-state index contributed by atoms with van der Waals surface area (Å²) in [7, 11) is 0. The molecule has 7 heteroatoms. The maximum absolute atomic E-state index is 12.4. The van der Waals surface area contributed by atoms with E-state index < -0.39 is 17.7 Å². The molecule has 2 rings (SSSR count). The fourth-order valence-electron chi connectivity index (χ4n) is 1.48. The van der Waals surface area contributed by atoms with Crippen molar-refractivity contribution >= 4 is 17.3 Å². The third kappa shape index (κ3) is 3.31. The number of halogens is 3. The molecule has 0 fully saturated rings. The first kappa shape index (κ1) is 13.5. The lowest BCUT2D eigenvalue weighted by Gasteiger charge is -2.06. The summed E-state index contributed by atoms with van der Waals surface area (Å²) < 4.78 is 37.2. The van der Waals surface area contributed by atoms with E-state index in [1.807, 2.05) is 0 Å². The molecule has 3 nitrogen and oxygen atoms in total. The van der Waals surface area contributed by atoms with Gasteiger partial charge in [0.1, 0.15) is 5.01 Å². The fourth-order valence-corrected chi connectivity index (χ4v) is 2.28. The number of carbonyl (C=O) groups is 1. The van der Waals surface area contributed by atoms with Crippen molar-refractivity contribution in [3.05, 3.63) is 40.2 Å². The Morgan fingerprint density at radius 1 is 1.26 bits per heavy atom. The van der Waals surface area contributed by atoms with Crippen molar-refractivity contribution in [1.82, 2.24) is 4.98 Å². The number of aromatic nitrogens is 1. The summed E-state index contributed by atoms with van der Waals surface area (Å²) in [5.41, 5.74) is 0.285. The topological polar surface area (TPSA) is 50.2 Å². The second kappa shape index (κ2) is 5.00. The molecule has 2 aromatic rings. The Balaban J connectivity index is 2.23. The molecule has 0 amide bonds. The molecular formula is C12H8F3NO2S. The average molecular weight is 287 g/mol. The van der Waals surface area contributed by atoms with Crippen LogP contribution < -0.4 is 0 Å². The Hall–Kier alpha value is -1.89. The lowest BCUT2D eigenvalue weighted by atomic mass is 10.1. The summed E-state index contributed by atoms with van der Waals surface area (Å²) >= 11 is 1.17. The highest BCUT2D eigenvalue weighted by atomic mass is 32.1. The van der Waals surface area contributed by atoms with Gasteiger partial charge in [0.2, 0.25) is 0 Å². The summed E-state index contributed by atoms with van der Waals surface area (Å²) in [6, 6.07) is 4.60. The number of aliphatic carboxylic acids is 1. The molecule has 1 aromatic carbocycles. The van der Waals surface area contributed by atoms with Gasteiger partial charge >= 0.3 is 12.1 Å². The lowest BCUT2D eigenvalue weighted by molar-refractivity contribution is -0.138. The summed E-state index contributed by atoms with van der Waals surface area (Å²) in [5.74, 6) is -0.992. The van der Waals surface area contributed by atoms with Crippen LogP contribution in [0.3, 0.4) is 0 Å². The van der Waals surface area contributed by atoms with Gasteiger partial charge in [-0.2, -0.15) is 13.2 Å². The highest BCUT2D eigenvalue weighted by molar-refractivity contribution is 7.10. The zero-order valence-corrected chi connectivity index (χ0v) is 10.3. The van der Waals surface area contributed by atoms with Gasteiger partial charge in [0.15, 0.2) is 0 Å². The first-order valence-electron chi connectivity index (χ1n) is 5.20. The quantitative estimate of drug-likeness (QED) is 0.940. The van der Waals surface area contributed by atoms with Gasteiger partial charge in [-0.15, -0.1) is 11.3 Å². The number of hydrogen-bond donors (Lipinski definition) is 1. The van der Waals surface area contributed by atoms with Crippen LogP contribution in [-0.4, -0.2) is 16.1 Å². The van der Waals surface area contributed by atoms with E-state index in [9.17, 15) is 18.0 Å². The Morgan fingerprint density at radius 3 is 2.42 bits per heavy atom. The normalized spacial score (nSPS) is 11.5. The number of hydrogen-bond acceptors (Lipinski definition) is 3. The van der Waals surface area contributed by atoms with Gasteiger partial charge in [-0.1, -0.05) is 12.1 Å². The average Bonchev–Trinajstić information content (AvgIpc) is 2.75. The first-order chi connectivity index (χ1) is 8.86. The SMILES string of the molecule is O=C(O)Cc1nc(-c2ccc(C(F)(F)F)cc2)cs1. The molecule has 0 bridgehead atoms. The van der Waals surface area contributed by atoms with E-state index in [1.54, 1.807) is 5.38 Å². The number of alkyl halides is 3. The largest absolute Gasteiger partial charge is 0.481 e. The van der Waals surface area contributed by atoms with E-state index in [4.69, 9.17) is 5.11 Å². The lowest BCUT2D eigenvalue weighted by Crippen LogP contribution is -2.04. The molecule has 0 saturated heterocycles. The zero-order chi connectivity index (χ0) is 14.0. The Labute approximate surface area is 110 Å². The molecule has 100 valence electrons. The minimum absolute atomic E-state index is 0.189. The van der Waals surface area contributed by atoms with Crippen LogP contribution in [0.4, 0.5) is 13.2 Å². The van der Waals surface area contributed by atoms with Gasteiger partial charge in [-0.25, -0.2) is 4.98 Å². The molecule has 19 heavy (non-hydrogen) atoms. The van der Waals surface area contributed by atoms with Crippen molar-refractivity contribution in [2.24, 2.45) is 0 Å². The number of nitrogens with zero attached hydrogens (tertiary/aromatic N) is 1. The molecule has 0 atom stereocenters. The van der Waals surface area contributed by atoms with Crippen molar-refractivity contribution in [3.8, 4) is 11.3 Å². The van der Waals surface area contributed by atoms with E-state index in [0.29, 0.717) is 16.3 Å². The third-order valence-electron chi connectivity index (χ3n) is 2.36. The molecule has 0 aliphatic rings. The number of benzene rings is 1. The molecule has 0 saturated carbocycles. The second-order valence-electron chi connectivity index (χ2n) is 3.77. The van der Waals surface area contributed by atoms with Gasteiger partial charge in [-0.05, 0) is 12.1 Å². The minimum atomic E-state index is -4.37. The zero-order valence-electron chi connectivity index (χ0n) is 9.44. The number of rotatable bonds is 3. The van der Waals surface area contributed by atoms with E-state index >= 15 is 0 Å². The van der Waals surface area contributed by atoms with Crippen molar-refractivity contribution in [3.63, 3.8) is 0 Å². The minimum Gasteiger partial charge on any atom is -0.481 e. The molecule has 0 aliphatic heterocycles. The van der Waals surface area contributed by atoms with Crippen LogP contribution in [0.25, 0.3) is 11.3 Å². The number of thiazole rings is 1. The van der Waals surface area contributed by atoms with Crippen LogP contribution in [0.15, 0.2) is 29.6 Å². The summed E-state index contributed by atoms with van der Waals surface area (Å²) in [6.07, 6.45) is -4.56. The van der Waals surface area contributed by atoms with Crippen LogP contribution in [0.2, 0.25) is 0 Å². The van der Waals surface area contributed by atoms with Crippen molar-refractivity contribution < 1.29 is 23.1 Å². The molecule has 0 unspecified atom stereocenters. The fraction of sp³-hybridized carbons (Fsp3) is 0.167. The van der Waals surface area contributed by atoms with Gasteiger partial charge in [-0.3, -0.25) is 4.79 Å². The van der Waals surface area contributed by atoms with E-state index in [1.165, 1.54) is 23.5 Å². The van der Waals surface area contributed by atoms with Gasteiger partial charge < -0.3 is 5.11 Å². The number of carboxylic acid groups (broad SMARTS) is 1. The molecule has 0 radical (unpaired) electrons. The van der Waals surface area contributed by atoms with Crippen LogP contribution in [-0.2, 0) is 17.4 Å². The maximum atomic E-state index is 12.4. The van der Waals surface area contributed by atoms with Crippen LogP contribution >= 0.6 is 11.3 Å². The van der Waals surface area contributed by atoms with Crippen molar-refractivity contribution in [2.75, 3.05) is 0 Å². The third-order valence-corrected chi connectivity index (χ3v) is 3.21. The number of carboxylic acids is 1. The van der Waals surface area contributed by atoms with Crippen molar-refractivity contribution in [1.29, 1.82) is 0 Å². The van der Waals surface area contributed by atoms with E-state index in [0.717, 1.165) is 12.1 Å². The summed E-state index contributed by atoms with van der Waals surface area (Å²) in [4.78, 5) is 14.6. The van der Waals surface area contributed by atoms with Crippen LogP contribution in [0.1, 0.15) is 10.6 Å². The molecule has 0 spiro atoms. The maximum Gasteiger partial charge on any atom is 0.416 e. The Bertz CT molecular complexity index is 590. The van der Waals surface area contributed by atoms with Crippen LogP contribution in [0.5, 0.6) is 0 Å².